The quantitative estimate of drug-likeness (QED) is 0.848. The van der Waals surface area contributed by atoms with Gasteiger partial charge in [0.05, 0.1) is 0 Å². The highest BCUT2D eigenvalue weighted by Crippen LogP contribution is 2.39. The largest absolute Gasteiger partial charge is 0.489 e. The fourth-order valence-corrected chi connectivity index (χ4v) is 4.26. The van der Waals surface area contributed by atoms with Crippen LogP contribution in [0.2, 0.25) is 0 Å². The molecule has 3 nitrogen and oxygen atoms in total. The summed E-state index contributed by atoms with van der Waals surface area (Å²) in [6, 6.07) is 19.0. The Kier molecular flexibility index (Phi) is 6.58. The molecule has 0 bridgehead atoms. The van der Waals surface area contributed by atoms with Crippen LogP contribution < -0.4 is 10.1 Å². The lowest BCUT2D eigenvalue weighted by atomic mass is 9.78. The summed E-state index contributed by atoms with van der Waals surface area (Å²) >= 11 is 0. The molecule has 2 aromatic carbocycles. The van der Waals surface area contributed by atoms with E-state index in [1.807, 2.05) is 6.07 Å². The summed E-state index contributed by atoms with van der Waals surface area (Å²) in [5, 5.41) is 3.50. The number of rotatable bonds is 5. The third-order valence-electron chi connectivity index (χ3n) is 5.73. The monoisotopic (exact) mass is 372 g/mol. The second-order valence-corrected chi connectivity index (χ2v) is 7.63. The molecule has 2 heterocycles. The van der Waals surface area contributed by atoms with Crippen LogP contribution in [0, 0.1) is 5.41 Å². The molecule has 2 aliphatic rings. The van der Waals surface area contributed by atoms with E-state index in [4.69, 9.17) is 4.74 Å². The summed E-state index contributed by atoms with van der Waals surface area (Å²) < 4.78 is 5.98. The molecule has 0 unspecified atom stereocenters. The van der Waals surface area contributed by atoms with Crippen LogP contribution in [0.4, 0.5) is 0 Å². The van der Waals surface area contributed by atoms with Gasteiger partial charge in [-0.25, -0.2) is 0 Å². The average Bonchev–Trinajstić information content (AvgIpc) is 3.03. The van der Waals surface area contributed by atoms with Gasteiger partial charge in [-0.2, -0.15) is 0 Å². The van der Waals surface area contributed by atoms with Crippen LogP contribution >= 0.6 is 12.4 Å². The number of halogens is 1. The SMILES string of the molecule is Cl.c1ccc(COc2cccc(CN3CCC4(CCNCC4)C3)c2)cc1. The third-order valence-corrected chi connectivity index (χ3v) is 5.73. The van der Waals surface area contributed by atoms with Crippen molar-refractivity contribution in [2.75, 3.05) is 26.2 Å². The Labute approximate surface area is 163 Å². The van der Waals surface area contributed by atoms with Crippen molar-refractivity contribution in [3.05, 3.63) is 65.7 Å². The minimum Gasteiger partial charge on any atom is -0.489 e. The first-order valence-corrected chi connectivity index (χ1v) is 9.50. The van der Waals surface area contributed by atoms with Crippen LogP contribution in [0.5, 0.6) is 5.75 Å². The molecule has 1 N–H and O–H groups in total. The first-order valence-electron chi connectivity index (χ1n) is 9.50. The van der Waals surface area contributed by atoms with Gasteiger partial charge in [0.15, 0.2) is 0 Å². The molecule has 140 valence electrons. The summed E-state index contributed by atoms with van der Waals surface area (Å²) in [5.41, 5.74) is 3.14. The maximum Gasteiger partial charge on any atom is 0.120 e. The van der Waals surface area contributed by atoms with Gasteiger partial charge in [0, 0.05) is 13.1 Å². The maximum atomic E-state index is 5.98. The van der Waals surface area contributed by atoms with E-state index in [1.165, 1.54) is 56.6 Å². The predicted octanol–water partition coefficient (Wildman–Crippen LogP) is 4.26. The first kappa shape index (κ1) is 19.2. The predicted molar refractivity (Wildman–Crippen MR) is 109 cm³/mol. The van der Waals surface area contributed by atoms with Gasteiger partial charge in [0.2, 0.25) is 0 Å². The van der Waals surface area contributed by atoms with Crippen LogP contribution in [-0.2, 0) is 13.2 Å². The molecular weight excluding hydrogens is 344 g/mol. The van der Waals surface area contributed by atoms with Crippen molar-refractivity contribution in [1.82, 2.24) is 10.2 Å². The highest BCUT2D eigenvalue weighted by atomic mass is 35.5. The van der Waals surface area contributed by atoms with E-state index in [1.54, 1.807) is 0 Å². The Morgan fingerprint density at radius 1 is 0.923 bits per heavy atom. The van der Waals surface area contributed by atoms with E-state index in [0.717, 1.165) is 12.3 Å². The van der Waals surface area contributed by atoms with E-state index in [-0.39, 0.29) is 12.4 Å². The molecule has 2 saturated heterocycles. The number of nitrogens with zero attached hydrogens (tertiary/aromatic N) is 1. The van der Waals surface area contributed by atoms with E-state index >= 15 is 0 Å². The fraction of sp³-hybridized carbons (Fsp3) is 0.455. The van der Waals surface area contributed by atoms with Crippen LogP contribution in [0.3, 0.4) is 0 Å². The van der Waals surface area contributed by atoms with Gasteiger partial charge < -0.3 is 10.1 Å². The van der Waals surface area contributed by atoms with E-state index < -0.39 is 0 Å². The standard InChI is InChI=1S/C22H28N2O.ClH/c1-2-5-19(6-3-1)17-25-21-8-4-7-20(15-21)16-24-14-11-22(18-24)9-12-23-13-10-22;/h1-8,15,23H,9-14,16-18H2;1H. The number of benzene rings is 2. The zero-order chi connectivity index (χ0) is 17.0. The molecule has 26 heavy (non-hydrogen) atoms. The second-order valence-electron chi connectivity index (χ2n) is 7.63. The van der Waals surface area contributed by atoms with Gasteiger partial charge in [0.1, 0.15) is 12.4 Å². The van der Waals surface area contributed by atoms with Gasteiger partial charge in [-0.1, -0.05) is 42.5 Å². The Balaban J connectivity index is 0.00000196. The molecule has 4 heteroatoms. The highest BCUT2D eigenvalue weighted by molar-refractivity contribution is 5.85. The number of hydrogen-bond acceptors (Lipinski definition) is 3. The van der Waals surface area contributed by atoms with Crippen molar-refractivity contribution in [2.24, 2.45) is 5.41 Å². The molecule has 2 aliphatic heterocycles. The van der Waals surface area contributed by atoms with Crippen LogP contribution in [0.25, 0.3) is 0 Å². The molecule has 1 spiro atoms. The fourth-order valence-electron chi connectivity index (χ4n) is 4.26. The van der Waals surface area contributed by atoms with Gasteiger partial charge in [-0.15, -0.1) is 12.4 Å². The minimum atomic E-state index is 0. The smallest absolute Gasteiger partial charge is 0.120 e. The van der Waals surface area contributed by atoms with Crippen molar-refractivity contribution in [3.63, 3.8) is 0 Å². The first-order chi connectivity index (χ1) is 12.3. The normalized spacial score (nSPS) is 19.2. The van der Waals surface area contributed by atoms with Crippen LogP contribution in [0.15, 0.2) is 54.6 Å². The zero-order valence-electron chi connectivity index (χ0n) is 15.3. The Morgan fingerprint density at radius 2 is 1.69 bits per heavy atom. The van der Waals surface area contributed by atoms with Gasteiger partial charge in [-0.3, -0.25) is 4.90 Å². The Bertz CT molecular complexity index is 686. The lowest BCUT2D eigenvalue weighted by Gasteiger charge is -2.34. The average molecular weight is 373 g/mol. The summed E-state index contributed by atoms with van der Waals surface area (Å²) in [5.74, 6) is 0.970. The maximum absolute atomic E-state index is 5.98. The van der Waals surface area contributed by atoms with Gasteiger partial charge in [0.25, 0.3) is 0 Å². The topological polar surface area (TPSA) is 24.5 Å². The molecule has 4 rings (SSSR count). The number of nitrogens with one attached hydrogen (secondary N) is 1. The van der Waals surface area contributed by atoms with Crippen molar-refractivity contribution in [3.8, 4) is 5.75 Å². The van der Waals surface area contributed by atoms with Crippen molar-refractivity contribution in [1.29, 1.82) is 0 Å². The Morgan fingerprint density at radius 3 is 2.50 bits per heavy atom. The molecule has 0 aliphatic carbocycles. The molecule has 0 aromatic heterocycles. The number of hydrogen-bond donors (Lipinski definition) is 1. The zero-order valence-corrected chi connectivity index (χ0v) is 16.1. The van der Waals surface area contributed by atoms with Crippen LogP contribution in [0.1, 0.15) is 30.4 Å². The molecule has 0 radical (unpaired) electrons. The summed E-state index contributed by atoms with van der Waals surface area (Å²) in [6.07, 6.45) is 4.03. The van der Waals surface area contributed by atoms with Gasteiger partial charge in [-0.05, 0) is 67.6 Å². The third kappa shape index (κ3) is 4.79. The van der Waals surface area contributed by atoms with E-state index in [9.17, 15) is 0 Å². The van der Waals surface area contributed by atoms with Crippen molar-refractivity contribution < 1.29 is 4.74 Å². The van der Waals surface area contributed by atoms with Crippen molar-refractivity contribution >= 4 is 12.4 Å². The number of likely N-dealkylation sites (tertiary alicyclic amines) is 1. The summed E-state index contributed by atoms with van der Waals surface area (Å²) in [7, 11) is 0. The van der Waals surface area contributed by atoms with Crippen molar-refractivity contribution in [2.45, 2.75) is 32.4 Å². The molecular formula is C22H29ClN2O. The van der Waals surface area contributed by atoms with E-state index in [0.29, 0.717) is 12.0 Å². The van der Waals surface area contributed by atoms with Crippen LogP contribution in [-0.4, -0.2) is 31.1 Å². The lowest BCUT2D eigenvalue weighted by Crippen LogP contribution is -2.38. The summed E-state index contributed by atoms with van der Waals surface area (Å²) in [6.45, 7) is 6.54. The summed E-state index contributed by atoms with van der Waals surface area (Å²) in [4.78, 5) is 2.63. The van der Waals surface area contributed by atoms with Gasteiger partial charge >= 0.3 is 0 Å². The molecule has 2 aromatic rings. The van der Waals surface area contributed by atoms with E-state index in [2.05, 4.69) is 58.7 Å². The number of piperidine rings is 1. The molecule has 0 amide bonds. The number of ether oxygens (including phenoxy) is 1. The molecule has 0 atom stereocenters. The lowest BCUT2D eigenvalue weighted by molar-refractivity contribution is 0.194. The second kappa shape index (κ2) is 8.90. The molecule has 0 saturated carbocycles. The minimum absolute atomic E-state index is 0. The Hall–Kier alpha value is -1.55. The highest BCUT2D eigenvalue weighted by Gasteiger charge is 2.38. The molecule has 2 fully saturated rings.